The van der Waals surface area contributed by atoms with Gasteiger partial charge in [-0.3, -0.25) is 0 Å². The zero-order chi connectivity index (χ0) is 13.0. The van der Waals surface area contributed by atoms with E-state index in [0.29, 0.717) is 17.1 Å². The number of ether oxygens (including phenoxy) is 1. The maximum atomic E-state index is 13.8. The third-order valence-electron chi connectivity index (χ3n) is 2.59. The lowest BCUT2D eigenvalue weighted by Crippen LogP contribution is -2.29. The number of hydrogen-bond donors (Lipinski definition) is 1. The van der Waals surface area contributed by atoms with E-state index >= 15 is 0 Å². The van der Waals surface area contributed by atoms with Crippen molar-refractivity contribution in [2.75, 3.05) is 52.0 Å². The molecular formula is C12H20FN3O. The summed E-state index contributed by atoms with van der Waals surface area (Å²) in [5, 5.41) is 0. The van der Waals surface area contributed by atoms with Gasteiger partial charge in [-0.25, -0.2) is 4.39 Å². The van der Waals surface area contributed by atoms with Gasteiger partial charge < -0.3 is 20.3 Å². The molecule has 0 aliphatic heterocycles. The van der Waals surface area contributed by atoms with E-state index in [4.69, 9.17) is 10.5 Å². The summed E-state index contributed by atoms with van der Waals surface area (Å²) in [6, 6.07) is 2.92. The molecule has 0 fully saturated rings. The number of nitrogens with two attached hydrogens (primary N) is 1. The number of anilines is 2. The average Bonchev–Trinajstić information content (AvgIpc) is 2.26. The first-order chi connectivity index (χ1) is 7.95. The summed E-state index contributed by atoms with van der Waals surface area (Å²) in [7, 11) is 7.33. The monoisotopic (exact) mass is 241 g/mol. The molecular weight excluding hydrogens is 221 g/mol. The summed E-state index contributed by atoms with van der Waals surface area (Å²) >= 11 is 0. The quantitative estimate of drug-likeness (QED) is 0.792. The summed E-state index contributed by atoms with van der Waals surface area (Å²) in [6.45, 7) is 1.58. The molecule has 0 atom stereocenters. The van der Waals surface area contributed by atoms with Crippen molar-refractivity contribution in [3.05, 3.63) is 17.9 Å². The minimum atomic E-state index is -0.329. The van der Waals surface area contributed by atoms with Gasteiger partial charge in [-0.15, -0.1) is 0 Å². The molecule has 0 unspecified atom stereocenters. The standard InChI is InChI=1S/C12H20FN3O/c1-15(2)5-6-16(3)11-8-12(17-4)10(14)7-9(11)13/h7-8H,5-6,14H2,1-4H3. The van der Waals surface area contributed by atoms with Gasteiger partial charge in [0.05, 0.1) is 18.5 Å². The number of methoxy groups -OCH3 is 1. The third-order valence-corrected chi connectivity index (χ3v) is 2.59. The Morgan fingerprint density at radius 3 is 2.41 bits per heavy atom. The summed E-state index contributed by atoms with van der Waals surface area (Å²) in [6.07, 6.45) is 0. The number of likely N-dealkylation sites (N-methyl/N-ethyl adjacent to an activating group) is 2. The highest BCUT2D eigenvalue weighted by molar-refractivity contribution is 5.63. The Morgan fingerprint density at radius 2 is 1.88 bits per heavy atom. The van der Waals surface area contributed by atoms with Crippen molar-refractivity contribution in [3.63, 3.8) is 0 Å². The molecule has 17 heavy (non-hydrogen) atoms. The summed E-state index contributed by atoms with van der Waals surface area (Å²) in [4.78, 5) is 3.89. The predicted molar refractivity (Wildman–Crippen MR) is 69.2 cm³/mol. The molecule has 5 heteroatoms. The Labute approximate surface area is 102 Å². The smallest absolute Gasteiger partial charge is 0.148 e. The van der Waals surface area contributed by atoms with Gasteiger partial charge in [0.15, 0.2) is 0 Å². The summed E-state index contributed by atoms with van der Waals surface area (Å²) in [5.41, 5.74) is 6.44. The zero-order valence-corrected chi connectivity index (χ0v) is 10.8. The van der Waals surface area contributed by atoms with E-state index in [0.717, 1.165) is 13.1 Å². The van der Waals surface area contributed by atoms with Crippen molar-refractivity contribution in [1.82, 2.24) is 4.90 Å². The Morgan fingerprint density at radius 1 is 1.24 bits per heavy atom. The van der Waals surface area contributed by atoms with E-state index in [1.54, 1.807) is 6.07 Å². The number of nitrogens with zero attached hydrogens (tertiary/aromatic N) is 2. The Hall–Kier alpha value is -1.49. The van der Waals surface area contributed by atoms with Gasteiger partial charge in [0.25, 0.3) is 0 Å². The molecule has 0 aliphatic carbocycles. The van der Waals surface area contributed by atoms with Gasteiger partial charge in [-0.1, -0.05) is 0 Å². The fraction of sp³-hybridized carbons (Fsp3) is 0.500. The minimum absolute atomic E-state index is 0.315. The van der Waals surface area contributed by atoms with E-state index < -0.39 is 0 Å². The number of halogens is 1. The first-order valence-electron chi connectivity index (χ1n) is 5.44. The number of benzene rings is 1. The second-order valence-electron chi connectivity index (χ2n) is 4.27. The van der Waals surface area contributed by atoms with Crippen LogP contribution in [-0.2, 0) is 0 Å². The van der Waals surface area contributed by atoms with Crippen LogP contribution in [0, 0.1) is 5.82 Å². The maximum absolute atomic E-state index is 13.8. The summed E-state index contributed by atoms with van der Waals surface area (Å²) < 4.78 is 18.8. The highest BCUT2D eigenvalue weighted by atomic mass is 19.1. The van der Waals surface area contributed by atoms with Crippen LogP contribution < -0.4 is 15.4 Å². The molecule has 0 aliphatic rings. The molecule has 0 bridgehead atoms. The molecule has 0 radical (unpaired) electrons. The van der Waals surface area contributed by atoms with E-state index in [9.17, 15) is 4.39 Å². The van der Waals surface area contributed by atoms with Gasteiger partial charge in [-0.2, -0.15) is 0 Å². The number of rotatable bonds is 5. The third kappa shape index (κ3) is 3.49. The fourth-order valence-corrected chi connectivity index (χ4v) is 1.50. The number of nitrogen functional groups attached to an aromatic ring is 1. The molecule has 1 rings (SSSR count). The topological polar surface area (TPSA) is 41.7 Å². The molecule has 0 amide bonds. The zero-order valence-electron chi connectivity index (χ0n) is 10.8. The fourth-order valence-electron chi connectivity index (χ4n) is 1.50. The molecule has 96 valence electrons. The normalized spacial score (nSPS) is 10.7. The molecule has 1 aromatic carbocycles. The van der Waals surface area contributed by atoms with Gasteiger partial charge in [0.2, 0.25) is 0 Å². The Bertz CT molecular complexity index is 382. The van der Waals surface area contributed by atoms with Crippen molar-refractivity contribution < 1.29 is 9.13 Å². The van der Waals surface area contributed by atoms with Crippen LogP contribution in [0.2, 0.25) is 0 Å². The van der Waals surface area contributed by atoms with Crippen LogP contribution in [0.3, 0.4) is 0 Å². The van der Waals surface area contributed by atoms with Gasteiger partial charge >= 0.3 is 0 Å². The second kappa shape index (κ2) is 5.72. The Balaban J connectivity index is 2.89. The largest absolute Gasteiger partial charge is 0.495 e. The van der Waals surface area contributed by atoms with E-state index in [-0.39, 0.29) is 5.82 Å². The lowest BCUT2D eigenvalue weighted by Gasteiger charge is -2.23. The van der Waals surface area contributed by atoms with Crippen LogP contribution in [0.5, 0.6) is 5.75 Å². The van der Waals surface area contributed by atoms with Crippen molar-refractivity contribution in [2.24, 2.45) is 0 Å². The van der Waals surface area contributed by atoms with E-state index in [1.165, 1.54) is 13.2 Å². The van der Waals surface area contributed by atoms with E-state index in [2.05, 4.69) is 0 Å². The van der Waals surface area contributed by atoms with Crippen molar-refractivity contribution in [2.45, 2.75) is 0 Å². The van der Waals surface area contributed by atoms with Crippen molar-refractivity contribution in [3.8, 4) is 5.75 Å². The Kier molecular flexibility index (Phi) is 4.57. The average molecular weight is 241 g/mol. The molecule has 0 saturated carbocycles. The summed E-state index contributed by atoms with van der Waals surface area (Å²) in [5.74, 6) is 0.169. The molecule has 2 N–H and O–H groups in total. The van der Waals surface area contributed by atoms with E-state index in [1.807, 2.05) is 30.9 Å². The van der Waals surface area contributed by atoms with Crippen LogP contribution in [0.1, 0.15) is 0 Å². The highest BCUT2D eigenvalue weighted by Gasteiger charge is 2.12. The van der Waals surface area contributed by atoms with Crippen LogP contribution in [0.25, 0.3) is 0 Å². The lowest BCUT2D eigenvalue weighted by molar-refractivity contribution is 0.412. The molecule has 0 aromatic heterocycles. The SMILES string of the molecule is COc1cc(N(C)CCN(C)C)c(F)cc1N. The molecule has 0 saturated heterocycles. The molecule has 1 aromatic rings. The molecule has 0 spiro atoms. The lowest BCUT2D eigenvalue weighted by atomic mass is 10.2. The van der Waals surface area contributed by atoms with Crippen molar-refractivity contribution in [1.29, 1.82) is 0 Å². The molecule has 4 nitrogen and oxygen atoms in total. The van der Waals surface area contributed by atoms with Crippen LogP contribution in [-0.4, -0.2) is 46.2 Å². The first-order valence-corrected chi connectivity index (χ1v) is 5.44. The van der Waals surface area contributed by atoms with Gasteiger partial charge in [-0.05, 0) is 14.1 Å². The van der Waals surface area contributed by atoms with Gasteiger partial charge in [0.1, 0.15) is 11.6 Å². The minimum Gasteiger partial charge on any atom is -0.495 e. The predicted octanol–water partition coefficient (Wildman–Crippen LogP) is 1.41. The van der Waals surface area contributed by atoms with Crippen LogP contribution >= 0.6 is 0 Å². The van der Waals surface area contributed by atoms with Gasteiger partial charge in [0, 0.05) is 32.3 Å². The van der Waals surface area contributed by atoms with Crippen LogP contribution in [0.4, 0.5) is 15.8 Å². The first kappa shape index (κ1) is 13.6. The number of hydrogen-bond acceptors (Lipinski definition) is 4. The second-order valence-corrected chi connectivity index (χ2v) is 4.27. The highest BCUT2D eigenvalue weighted by Crippen LogP contribution is 2.29. The maximum Gasteiger partial charge on any atom is 0.148 e. The van der Waals surface area contributed by atoms with Crippen LogP contribution in [0.15, 0.2) is 12.1 Å². The van der Waals surface area contributed by atoms with Crippen molar-refractivity contribution >= 4 is 11.4 Å². The molecule has 0 heterocycles.